The van der Waals surface area contributed by atoms with Crippen molar-refractivity contribution in [1.29, 1.82) is 0 Å². The van der Waals surface area contributed by atoms with Crippen molar-refractivity contribution in [3.63, 3.8) is 0 Å². The molecule has 0 fully saturated rings. The number of hydrogen-bond donors (Lipinski definition) is 3. The topological polar surface area (TPSA) is 95.9 Å². The smallest absolute Gasteiger partial charge is 0.305 e. The van der Waals surface area contributed by atoms with Gasteiger partial charge in [-0.25, -0.2) is 0 Å². The average molecular weight is 1070 g/mol. The predicted octanol–water partition coefficient (Wildman–Crippen LogP) is 22.4. The highest BCUT2D eigenvalue weighted by Gasteiger charge is 2.20. The quantitative estimate of drug-likeness (QED) is 0.0320. The molecule has 0 radical (unpaired) electrons. The maximum absolute atomic E-state index is 12.5. The van der Waals surface area contributed by atoms with Crippen LogP contribution in [0.15, 0.2) is 12.2 Å². The number of nitrogens with one attached hydrogen (secondary N) is 1. The molecule has 0 rings (SSSR count). The molecule has 0 aromatic carbocycles. The van der Waals surface area contributed by atoms with Crippen LogP contribution in [0, 0.1) is 0 Å². The van der Waals surface area contributed by atoms with E-state index in [9.17, 15) is 19.8 Å². The summed E-state index contributed by atoms with van der Waals surface area (Å²) in [5.74, 6) is -0.0149. The number of rotatable bonds is 66. The Kier molecular flexibility index (Phi) is 64.9. The minimum absolute atomic E-state index is 0.0135. The lowest BCUT2D eigenvalue weighted by Gasteiger charge is -2.22. The molecule has 2 atom stereocenters. The van der Waals surface area contributed by atoms with Crippen LogP contribution in [0.2, 0.25) is 0 Å². The van der Waals surface area contributed by atoms with Crippen molar-refractivity contribution < 1.29 is 24.5 Å². The summed E-state index contributed by atoms with van der Waals surface area (Å²) >= 11 is 0. The third-order valence-corrected chi connectivity index (χ3v) is 16.6. The summed E-state index contributed by atoms with van der Waals surface area (Å²) in [6.07, 6.45) is 81.2. The zero-order valence-corrected chi connectivity index (χ0v) is 51.8. The van der Waals surface area contributed by atoms with E-state index < -0.39 is 12.1 Å². The molecule has 6 nitrogen and oxygen atoms in total. The molecule has 6 heteroatoms. The molecular weight excluding hydrogens is 935 g/mol. The largest absolute Gasteiger partial charge is 0.466 e. The molecule has 0 aromatic rings. The molecular formula is C70H137NO5. The van der Waals surface area contributed by atoms with Crippen LogP contribution in [-0.4, -0.2) is 47.4 Å². The Hall–Kier alpha value is -1.40. The van der Waals surface area contributed by atoms with Crippen LogP contribution in [-0.2, 0) is 14.3 Å². The van der Waals surface area contributed by atoms with Gasteiger partial charge < -0.3 is 20.3 Å². The van der Waals surface area contributed by atoms with Gasteiger partial charge in [0.25, 0.3) is 0 Å². The molecule has 0 heterocycles. The van der Waals surface area contributed by atoms with Gasteiger partial charge in [-0.05, 0) is 51.4 Å². The van der Waals surface area contributed by atoms with Gasteiger partial charge in [-0.3, -0.25) is 9.59 Å². The van der Waals surface area contributed by atoms with Gasteiger partial charge in [-0.1, -0.05) is 347 Å². The van der Waals surface area contributed by atoms with E-state index in [0.717, 1.165) is 44.9 Å². The van der Waals surface area contributed by atoms with Crippen molar-refractivity contribution in [3.8, 4) is 0 Å². The highest BCUT2D eigenvalue weighted by Crippen LogP contribution is 2.19. The summed E-state index contributed by atoms with van der Waals surface area (Å²) in [7, 11) is 0. The molecule has 0 aliphatic rings. The number of amides is 1. The molecule has 1 amide bonds. The van der Waals surface area contributed by atoms with Crippen molar-refractivity contribution in [3.05, 3.63) is 12.2 Å². The average Bonchev–Trinajstić information content (AvgIpc) is 3.42. The van der Waals surface area contributed by atoms with Gasteiger partial charge in [0, 0.05) is 12.8 Å². The first-order chi connectivity index (χ1) is 37.5. The minimum Gasteiger partial charge on any atom is -0.466 e. The van der Waals surface area contributed by atoms with Crippen molar-refractivity contribution in [2.75, 3.05) is 13.2 Å². The zero-order valence-electron chi connectivity index (χ0n) is 51.8. The summed E-state index contributed by atoms with van der Waals surface area (Å²) in [5, 5.41) is 23.3. The lowest BCUT2D eigenvalue weighted by molar-refractivity contribution is -0.143. The minimum atomic E-state index is -0.660. The lowest BCUT2D eigenvalue weighted by atomic mass is 10.0. The fourth-order valence-electron chi connectivity index (χ4n) is 11.2. The molecule has 0 saturated carbocycles. The second-order valence-corrected chi connectivity index (χ2v) is 24.2. The van der Waals surface area contributed by atoms with Crippen LogP contribution >= 0.6 is 0 Å². The molecule has 3 N–H and O–H groups in total. The maximum Gasteiger partial charge on any atom is 0.305 e. The number of allylic oxidation sites excluding steroid dienone is 2. The van der Waals surface area contributed by atoms with E-state index in [1.165, 1.54) is 321 Å². The Labute approximate surface area is 476 Å². The Morgan fingerprint density at radius 2 is 0.618 bits per heavy atom. The van der Waals surface area contributed by atoms with Crippen molar-refractivity contribution in [2.45, 2.75) is 411 Å². The van der Waals surface area contributed by atoms with Crippen molar-refractivity contribution in [1.82, 2.24) is 5.32 Å². The first-order valence-electron chi connectivity index (χ1n) is 34.9. The molecule has 76 heavy (non-hydrogen) atoms. The third-order valence-electron chi connectivity index (χ3n) is 16.6. The van der Waals surface area contributed by atoms with E-state index in [-0.39, 0.29) is 18.5 Å². The van der Waals surface area contributed by atoms with Crippen LogP contribution in [0.5, 0.6) is 0 Å². The van der Waals surface area contributed by atoms with Crippen LogP contribution in [0.4, 0.5) is 0 Å². The van der Waals surface area contributed by atoms with E-state index in [2.05, 4.69) is 31.3 Å². The van der Waals surface area contributed by atoms with Crippen LogP contribution in [0.3, 0.4) is 0 Å². The van der Waals surface area contributed by atoms with E-state index in [0.29, 0.717) is 25.9 Å². The molecule has 0 aliphatic heterocycles. The summed E-state index contributed by atoms with van der Waals surface area (Å²) in [4.78, 5) is 24.6. The Morgan fingerprint density at radius 1 is 0.355 bits per heavy atom. The molecule has 0 aromatic heterocycles. The summed E-state index contributed by atoms with van der Waals surface area (Å²) in [5.41, 5.74) is 0. The first kappa shape index (κ1) is 74.6. The van der Waals surface area contributed by atoms with E-state index >= 15 is 0 Å². The zero-order chi connectivity index (χ0) is 55.0. The van der Waals surface area contributed by atoms with Crippen molar-refractivity contribution in [2.24, 2.45) is 0 Å². The molecule has 0 aliphatic carbocycles. The van der Waals surface area contributed by atoms with Gasteiger partial charge in [0.2, 0.25) is 5.91 Å². The normalized spacial score (nSPS) is 12.5. The fraction of sp³-hybridized carbons (Fsp3) is 0.943. The number of aliphatic hydroxyl groups excluding tert-OH is 2. The second kappa shape index (κ2) is 66.1. The summed E-state index contributed by atoms with van der Waals surface area (Å²) in [6, 6.07) is -0.537. The highest BCUT2D eigenvalue weighted by atomic mass is 16.5. The molecule has 2 unspecified atom stereocenters. The highest BCUT2D eigenvalue weighted by molar-refractivity contribution is 5.76. The standard InChI is InChI=1S/C70H137NO5/c1-3-5-7-9-11-13-15-17-35-40-44-48-52-56-60-64-70(75)76-65-61-57-53-49-45-41-37-34-32-30-28-26-24-22-20-18-19-21-23-25-27-29-31-33-36-39-43-47-51-55-59-63-69(74)71-67(66-72)68(73)62-58-54-50-46-42-38-16-14-12-10-8-6-4-2/h17,35,67-68,72-73H,3-16,18-34,36-66H2,1-2H3,(H,71,74)/b35-17-. The molecule has 0 saturated heterocycles. The number of ether oxygens (including phenoxy) is 1. The van der Waals surface area contributed by atoms with Gasteiger partial charge in [-0.15, -0.1) is 0 Å². The number of hydrogen-bond acceptors (Lipinski definition) is 5. The predicted molar refractivity (Wildman–Crippen MR) is 333 cm³/mol. The summed E-state index contributed by atoms with van der Waals surface area (Å²) < 4.78 is 5.49. The molecule has 452 valence electrons. The van der Waals surface area contributed by atoms with Gasteiger partial charge in [-0.2, -0.15) is 0 Å². The SMILES string of the molecule is CCCCCCCC/C=C\CCCCCCCC(=O)OCCCCCCCCCCCCCCCCCCCCCCCCCCCCCCCCCC(=O)NC(CO)C(O)CCCCCCCCCCCCCCC. The van der Waals surface area contributed by atoms with Crippen LogP contribution in [0.25, 0.3) is 0 Å². The second-order valence-electron chi connectivity index (χ2n) is 24.2. The van der Waals surface area contributed by atoms with Crippen LogP contribution < -0.4 is 5.32 Å². The van der Waals surface area contributed by atoms with Gasteiger partial charge in [0.1, 0.15) is 0 Å². The monoisotopic (exact) mass is 1070 g/mol. The number of aliphatic hydroxyl groups is 2. The van der Waals surface area contributed by atoms with Crippen molar-refractivity contribution >= 4 is 11.9 Å². The number of carbonyl (C=O) groups is 2. The van der Waals surface area contributed by atoms with E-state index in [1.54, 1.807) is 0 Å². The molecule has 0 bridgehead atoms. The molecule has 0 spiro atoms. The van der Waals surface area contributed by atoms with Crippen LogP contribution in [0.1, 0.15) is 399 Å². The Bertz CT molecular complexity index is 1140. The first-order valence-corrected chi connectivity index (χ1v) is 34.9. The van der Waals surface area contributed by atoms with Gasteiger partial charge in [0.15, 0.2) is 0 Å². The van der Waals surface area contributed by atoms with E-state index in [4.69, 9.17) is 4.74 Å². The summed E-state index contributed by atoms with van der Waals surface area (Å²) in [6.45, 7) is 4.98. The maximum atomic E-state index is 12.5. The number of unbranched alkanes of at least 4 members (excludes halogenated alkanes) is 53. The third kappa shape index (κ3) is 61.8. The van der Waals surface area contributed by atoms with Gasteiger partial charge >= 0.3 is 5.97 Å². The lowest BCUT2D eigenvalue weighted by Crippen LogP contribution is -2.45. The number of esters is 1. The Balaban J connectivity index is 3.30. The van der Waals surface area contributed by atoms with Gasteiger partial charge in [0.05, 0.1) is 25.4 Å². The fourth-order valence-corrected chi connectivity index (χ4v) is 11.2. The Morgan fingerprint density at radius 3 is 0.934 bits per heavy atom. The number of carbonyl (C=O) groups excluding carboxylic acids is 2. The van der Waals surface area contributed by atoms with E-state index in [1.807, 2.05) is 0 Å².